The minimum atomic E-state index is 0.135. The molecule has 2 aromatic heterocycles. The van der Waals surface area contributed by atoms with Gasteiger partial charge in [-0.3, -0.25) is 9.69 Å². The number of amides is 1. The number of piperazine rings is 1. The summed E-state index contributed by atoms with van der Waals surface area (Å²) in [5, 5.41) is 1.07. The van der Waals surface area contributed by atoms with Crippen molar-refractivity contribution in [3.05, 3.63) is 40.0 Å². The Labute approximate surface area is 164 Å². The molecular weight excluding hydrogens is 358 g/mol. The maximum Gasteiger partial charge on any atom is 0.265 e. The van der Waals surface area contributed by atoms with Gasteiger partial charge in [0.15, 0.2) is 0 Å². The van der Waals surface area contributed by atoms with Crippen molar-refractivity contribution in [2.24, 2.45) is 0 Å². The lowest BCUT2D eigenvalue weighted by Crippen LogP contribution is -2.49. The molecule has 6 nitrogen and oxygen atoms in total. The van der Waals surface area contributed by atoms with E-state index in [2.05, 4.69) is 14.8 Å². The Morgan fingerprint density at radius 1 is 1.07 bits per heavy atom. The second kappa shape index (κ2) is 8.35. The Hall–Kier alpha value is -1.99. The normalized spacial score (nSPS) is 18.7. The van der Waals surface area contributed by atoms with Gasteiger partial charge in [0, 0.05) is 32.4 Å². The molecule has 0 unspecified atom stereocenters. The quantitative estimate of drug-likeness (QED) is 0.810. The Morgan fingerprint density at radius 3 is 2.56 bits per heavy atom. The van der Waals surface area contributed by atoms with Crippen molar-refractivity contribution in [1.29, 1.82) is 0 Å². The van der Waals surface area contributed by atoms with Crippen LogP contribution in [-0.4, -0.2) is 64.9 Å². The van der Waals surface area contributed by atoms with Gasteiger partial charge < -0.3 is 9.80 Å². The number of likely N-dealkylation sites (tertiary alicyclic amines) is 1. The first-order chi connectivity index (χ1) is 13.2. The first kappa shape index (κ1) is 18.4. The van der Waals surface area contributed by atoms with Gasteiger partial charge in [-0.05, 0) is 45.0 Å². The number of thiazole rings is 1. The molecule has 27 heavy (non-hydrogen) atoms. The van der Waals surface area contributed by atoms with Crippen LogP contribution in [0.4, 0.5) is 5.82 Å². The minimum absolute atomic E-state index is 0.135. The molecule has 4 rings (SSSR count). The summed E-state index contributed by atoms with van der Waals surface area (Å²) >= 11 is 1.58. The van der Waals surface area contributed by atoms with Crippen LogP contribution >= 0.6 is 11.3 Å². The predicted molar refractivity (Wildman–Crippen MR) is 108 cm³/mol. The van der Waals surface area contributed by atoms with Crippen LogP contribution in [0, 0.1) is 6.92 Å². The molecule has 0 atom stereocenters. The van der Waals surface area contributed by atoms with Crippen LogP contribution < -0.4 is 4.90 Å². The van der Waals surface area contributed by atoms with Crippen LogP contribution in [0.15, 0.2) is 24.4 Å². The van der Waals surface area contributed by atoms with E-state index in [4.69, 9.17) is 4.98 Å². The van der Waals surface area contributed by atoms with E-state index in [-0.39, 0.29) is 5.91 Å². The molecule has 2 fully saturated rings. The average molecular weight is 386 g/mol. The summed E-state index contributed by atoms with van der Waals surface area (Å²) in [7, 11) is 0. The van der Waals surface area contributed by atoms with Crippen molar-refractivity contribution < 1.29 is 4.79 Å². The molecule has 0 N–H and O–H groups in total. The Kier molecular flexibility index (Phi) is 5.69. The second-order valence-corrected chi connectivity index (χ2v) is 8.41. The molecular formula is C20H27N5OS. The Balaban J connectivity index is 1.37. The number of carbonyl (C=O) groups excluding carboxylic acids is 1. The number of anilines is 1. The molecule has 0 saturated carbocycles. The number of pyridine rings is 1. The summed E-state index contributed by atoms with van der Waals surface area (Å²) in [5.41, 5.74) is 0.879. The Morgan fingerprint density at radius 2 is 1.85 bits per heavy atom. The topological polar surface area (TPSA) is 52.6 Å². The fourth-order valence-electron chi connectivity index (χ4n) is 3.85. The largest absolute Gasteiger partial charge is 0.353 e. The van der Waals surface area contributed by atoms with E-state index in [1.165, 1.54) is 19.3 Å². The van der Waals surface area contributed by atoms with Crippen molar-refractivity contribution in [2.45, 2.75) is 32.7 Å². The van der Waals surface area contributed by atoms with E-state index in [1.807, 2.05) is 36.2 Å². The fourth-order valence-corrected chi connectivity index (χ4v) is 4.93. The number of aryl methyl sites for hydroxylation is 1. The zero-order valence-corrected chi connectivity index (χ0v) is 16.7. The van der Waals surface area contributed by atoms with Gasteiger partial charge in [0.25, 0.3) is 5.91 Å². The lowest BCUT2D eigenvalue weighted by atomic mass is 10.1. The van der Waals surface area contributed by atoms with Crippen LogP contribution in [0.5, 0.6) is 0 Å². The minimum Gasteiger partial charge on any atom is -0.353 e. The highest BCUT2D eigenvalue weighted by Gasteiger charge is 2.26. The number of carbonyl (C=O) groups is 1. The van der Waals surface area contributed by atoms with Crippen LogP contribution in [0.25, 0.3) is 0 Å². The van der Waals surface area contributed by atoms with Gasteiger partial charge in [-0.15, -0.1) is 11.3 Å². The standard InChI is InChI=1S/C20H27N5OS/c1-16-19(27-18(22-16)15-23-9-5-2-6-10-23)20(26)25-13-11-24(12-14-25)17-7-3-4-8-21-17/h3-4,7-8H,2,5-6,9-15H2,1H3. The molecule has 7 heteroatoms. The third-order valence-corrected chi connectivity index (χ3v) is 6.51. The summed E-state index contributed by atoms with van der Waals surface area (Å²) in [6.45, 7) is 8.25. The summed E-state index contributed by atoms with van der Waals surface area (Å²) < 4.78 is 0. The number of hydrogen-bond donors (Lipinski definition) is 0. The van der Waals surface area contributed by atoms with Gasteiger partial charge in [0.05, 0.1) is 12.2 Å². The van der Waals surface area contributed by atoms with Crippen molar-refractivity contribution in [3.63, 3.8) is 0 Å². The molecule has 2 aliphatic rings. The maximum absolute atomic E-state index is 13.0. The van der Waals surface area contributed by atoms with Crippen molar-refractivity contribution in [3.8, 4) is 0 Å². The van der Waals surface area contributed by atoms with Crippen molar-refractivity contribution >= 4 is 23.1 Å². The van der Waals surface area contributed by atoms with E-state index in [0.29, 0.717) is 0 Å². The lowest BCUT2D eigenvalue weighted by Gasteiger charge is -2.35. The van der Waals surface area contributed by atoms with Crippen LogP contribution in [0.2, 0.25) is 0 Å². The maximum atomic E-state index is 13.0. The lowest BCUT2D eigenvalue weighted by molar-refractivity contribution is 0.0750. The summed E-state index contributed by atoms with van der Waals surface area (Å²) in [4.78, 5) is 29.6. The van der Waals surface area contributed by atoms with Gasteiger partial charge >= 0.3 is 0 Å². The molecule has 0 aliphatic carbocycles. The predicted octanol–water partition coefficient (Wildman–Crippen LogP) is 2.79. The average Bonchev–Trinajstić information content (AvgIpc) is 3.09. The van der Waals surface area contributed by atoms with Crippen molar-refractivity contribution in [2.75, 3.05) is 44.2 Å². The first-order valence-corrected chi connectivity index (χ1v) is 10.7. The smallest absolute Gasteiger partial charge is 0.265 e. The highest BCUT2D eigenvalue weighted by Crippen LogP contribution is 2.24. The van der Waals surface area contributed by atoms with E-state index in [9.17, 15) is 4.79 Å². The molecule has 144 valence electrons. The van der Waals surface area contributed by atoms with E-state index < -0.39 is 0 Å². The highest BCUT2D eigenvalue weighted by atomic mass is 32.1. The number of aromatic nitrogens is 2. The van der Waals surface area contributed by atoms with Gasteiger partial charge in [-0.1, -0.05) is 12.5 Å². The summed E-state index contributed by atoms with van der Waals surface area (Å²) in [6.07, 6.45) is 5.70. The van der Waals surface area contributed by atoms with E-state index in [0.717, 1.165) is 67.2 Å². The van der Waals surface area contributed by atoms with Crippen LogP contribution in [0.3, 0.4) is 0 Å². The number of nitrogens with zero attached hydrogens (tertiary/aromatic N) is 5. The number of hydrogen-bond acceptors (Lipinski definition) is 6. The molecule has 4 heterocycles. The van der Waals surface area contributed by atoms with Gasteiger partial charge in [0.1, 0.15) is 15.7 Å². The molecule has 0 aromatic carbocycles. The monoisotopic (exact) mass is 385 g/mol. The number of rotatable bonds is 4. The molecule has 2 saturated heterocycles. The van der Waals surface area contributed by atoms with Gasteiger partial charge in [-0.25, -0.2) is 9.97 Å². The molecule has 1 amide bonds. The molecule has 0 radical (unpaired) electrons. The first-order valence-electron chi connectivity index (χ1n) is 9.84. The van der Waals surface area contributed by atoms with Crippen LogP contribution in [0.1, 0.15) is 39.6 Å². The molecule has 0 bridgehead atoms. The highest BCUT2D eigenvalue weighted by molar-refractivity contribution is 7.13. The van der Waals surface area contributed by atoms with Crippen LogP contribution in [-0.2, 0) is 6.54 Å². The third kappa shape index (κ3) is 4.30. The SMILES string of the molecule is Cc1nc(CN2CCCCC2)sc1C(=O)N1CCN(c2ccccn2)CC1. The van der Waals surface area contributed by atoms with E-state index >= 15 is 0 Å². The molecule has 2 aliphatic heterocycles. The summed E-state index contributed by atoms with van der Waals surface area (Å²) in [5.74, 6) is 1.12. The summed E-state index contributed by atoms with van der Waals surface area (Å²) in [6, 6.07) is 5.96. The molecule has 2 aromatic rings. The second-order valence-electron chi connectivity index (χ2n) is 7.33. The fraction of sp³-hybridized carbons (Fsp3) is 0.550. The Bertz CT molecular complexity index is 764. The van der Waals surface area contributed by atoms with E-state index in [1.54, 1.807) is 11.3 Å². The third-order valence-electron chi connectivity index (χ3n) is 5.38. The number of piperidine rings is 1. The van der Waals surface area contributed by atoms with Gasteiger partial charge in [-0.2, -0.15) is 0 Å². The zero-order chi connectivity index (χ0) is 18.6. The van der Waals surface area contributed by atoms with Gasteiger partial charge in [0.2, 0.25) is 0 Å². The molecule has 0 spiro atoms. The zero-order valence-electron chi connectivity index (χ0n) is 15.9. The van der Waals surface area contributed by atoms with Crippen molar-refractivity contribution in [1.82, 2.24) is 19.8 Å².